The van der Waals surface area contributed by atoms with Crippen LogP contribution in [0.25, 0.3) is 0 Å². The third-order valence-corrected chi connectivity index (χ3v) is 4.86. The van der Waals surface area contributed by atoms with Crippen molar-refractivity contribution in [3.8, 4) is 0 Å². The summed E-state index contributed by atoms with van der Waals surface area (Å²) in [5, 5.41) is 27.0. The van der Waals surface area contributed by atoms with Crippen molar-refractivity contribution in [1.82, 2.24) is 0 Å². The molecule has 0 saturated heterocycles. The normalized spacial score (nSPS) is 12.1. The summed E-state index contributed by atoms with van der Waals surface area (Å²) in [5.41, 5.74) is 0. The molecule has 0 fully saturated rings. The lowest BCUT2D eigenvalue weighted by Gasteiger charge is -2.11. The van der Waals surface area contributed by atoms with E-state index in [4.69, 9.17) is 14.9 Å². The molecule has 0 aromatic rings. The molecule has 0 aliphatic rings. The van der Waals surface area contributed by atoms with Gasteiger partial charge >= 0.3 is 7.32 Å². The predicted molar refractivity (Wildman–Crippen MR) is 113 cm³/mol. The summed E-state index contributed by atoms with van der Waals surface area (Å²) in [6.45, 7) is 1.50. The summed E-state index contributed by atoms with van der Waals surface area (Å²) in [6, 6.07) is 0. The minimum Gasteiger partial charge on any atom is -0.485 e. The first-order valence-electron chi connectivity index (χ1n) is 11.4. The Labute approximate surface area is 172 Å². The van der Waals surface area contributed by atoms with Crippen molar-refractivity contribution in [3.63, 3.8) is 0 Å². The van der Waals surface area contributed by atoms with Crippen LogP contribution in [-0.2, 0) is 14.1 Å². The molecule has 1 unspecified atom stereocenters. The fourth-order valence-electron chi connectivity index (χ4n) is 3.09. The number of hydrogen-bond acceptors (Lipinski definition) is 6. The molecule has 0 heterocycles. The van der Waals surface area contributed by atoms with Gasteiger partial charge in [0, 0.05) is 6.42 Å². The smallest absolute Gasteiger partial charge is 0.485 e. The third kappa shape index (κ3) is 20.1. The monoisotopic (exact) mass is 402 g/mol. The molecule has 7 heteroatoms. The molecule has 0 amide bonds. The van der Waals surface area contributed by atoms with Gasteiger partial charge in [-0.2, -0.15) is 0 Å². The molecule has 3 N–H and O–H groups in total. The second-order valence-corrected chi connectivity index (χ2v) is 7.67. The van der Waals surface area contributed by atoms with Gasteiger partial charge in [0.05, 0.1) is 19.3 Å². The Hall–Kier alpha value is -0.625. The molecule has 0 aliphatic heterocycles. The molecule has 6 nitrogen and oxygen atoms in total. The molecule has 0 bridgehead atoms. The van der Waals surface area contributed by atoms with Crippen LogP contribution in [-0.4, -0.2) is 47.8 Å². The fraction of sp³-hybridized carbons (Fsp3) is 0.952. The first-order valence-corrected chi connectivity index (χ1v) is 11.4. The van der Waals surface area contributed by atoms with Crippen LogP contribution in [0.5, 0.6) is 0 Å². The Bertz CT molecular complexity index is 343. The van der Waals surface area contributed by atoms with E-state index in [2.05, 4.69) is 11.6 Å². The van der Waals surface area contributed by atoms with E-state index in [1.165, 1.54) is 77.0 Å². The summed E-state index contributed by atoms with van der Waals surface area (Å²) in [5.74, 6) is -0.513. The van der Waals surface area contributed by atoms with E-state index in [0.29, 0.717) is 0 Å². The Morgan fingerprint density at radius 2 is 1.25 bits per heavy atom. The molecule has 28 heavy (non-hydrogen) atoms. The Balaban J connectivity index is 3.27. The molecule has 0 spiro atoms. The Kier molecular flexibility index (Phi) is 20.6. The Morgan fingerprint density at radius 1 is 0.821 bits per heavy atom. The van der Waals surface area contributed by atoms with Crippen molar-refractivity contribution in [2.75, 3.05) is 13.2 Å². The van der Waals surface area contributed by atoms with E-state index in [9.17, 15) is 9.82 Å². The van der Waals surface area contributed by atoms with Crippen LogP contribution in [0.4, 0.5) is 0 Å². The van der Waals surface area contributed by atoms with Crippen LogP contribution < -0.4 is 0 Å². The van der Waals surface area contributed by atoms with Crippen LogP contribution in [0, 0.1) is 0 Å². The average Bonchev–Trinajstić information content (AvgIpc) is 2.69. The van der Waals surface area contributed by atoms with Crippen LogP contribution in [0.3, 0.4) is 0 Å². The van der Waals surface area contributed by atoms with Gasteiger partial charge < -0.3 is 24.5 Å². The van der Waals surface area contributed by atoms with Gasteiger partial charge in [0.25, 0.3) is 5.97 Å². The van der Waals surface area contributed by atoms with E-state index < -0.39 is 26.0 Å². The number of unbranched alkanes of at least 4 members (excludes halogenated alkanes) is 14. The molecule has 0 saturated carbocycles. The van der Waals surface area contributed by atoms with Crippen molar-refractivity contribution < 1.29 is 29.3 Å². The minimum absolute atomic E-state index is 0.251. The summed E-state index contributed by atoms with van der Waals surface area (Å²) < 4.78 is 9.36. The van der Waals surface area contributed by atoms with Gasteiger partial charge in [-0.3, -0.25) is 4.79 Å². The fourth-order valence-corrected chi connectivity index (χ4v) is 3.09. The lowest BCUT2D eigenvalue weighted by Crippen LogP contribution is -2.31. The van der Waals surface area contributed by atoms with E-state index in [1.807, 2.05) is 0 Å². The lowest BCUT2D eigenvalue weighted by molar-refractivity contribution is -0.137. The lowest BCUT2D eigenvalue weighted by atomic mass is 10.0. The van der Waals surface area contributed by atoms with Crippen LogP contribution in [0.1, 0.15) is 110 Å². The molecule has 0 aliphatic carbocycles. The van der Waals surface area contributed by atoms with Crippen molar-refractivity contribution in [2.45, 2.75) is 116 Å². The quantitative estimate of drug-likeness (QED) is 0.197. The van der Waals surface area contributed by atoms with Crippen LogP contribution in [0.2, 0.25) is 0 Å². The van der Waals surface area contributed by atoms with E-state index in [-0.39, 0.29) is 13.0 Å². The number of aliphatic hydroxyl groups excluding tert-OH is 2. The van der Waals surface area contributed by atoms with E-state index in [1.54, 1.807) is 0 Å². The third-order valence-electron chi connectivity index (χ3n) is 4.86. The number of carbonyl (C=O) groups excluding carboxylic acids is 1. The minimum atomic E-state index is -1.69. The molecular formula is C21H43BO6. The number of hydrogen-bond donors (Lipinski definition) is 3. The van der Waals surface area contributed by atoms with Gasteiger partial charge in [0.1, 0.15) is 0 Å². The summed E-state index contributed by atoms with van der Waals surface area (Å²) >= 11 is 0. The van der Waals surface area contributed by atoms with Gasteiger partial charge in [-0.1, -0.05) is 96.8 Å². The zero-order chi connectivity index (χ0) is 20.9. The molecule has 0 rings (SSSR count). The largest absolute Gasteiger partial charge is 0.712 e. The van der Waals surface area contributed by atoms with Crippen molar-refractivity contribution >= 4 is 13.3 Å². The zero-order valence-electron chi connectivity index (χ0n) is 17.9. The molecule has 0 aromatic carbocycles. The highest BCUT2D eigenvalue weighted by molar-refractivity contribution is 6.37. The first kappa shape index (κ1) is 27.4. The molecular weight excluding hydrogens is 359 g/mol. The Morgan fingerprint density at radius 3 is 1.68 bits per heavy atom. The van der Waals surface area contributed by atoms with Gasteiger partial charge in [0.2, 0.25) is 0 Å². The van der Waals surface area contributed by atoms with Crippen molar-refractivity contribution in [2.24, 2.45) is 0 Å². The molecule has 0 radical (unpaired) electrons. The highest BCUT2D eigenvalue weighted by Crippen LogP contribution is 2.13. The summed E-state index contributed by atoms with van der Waals surface area (Å²) in [6.07, 6.45) is 18.1. The van der Waals surface area contributed by atoms with Gasteiger partial charge in [-0.25, -0.2) is 0 Å². The van der Waals surface area contributed by atoms with Crippen molar-refractivity contribution in [1.29, 1.82) is 0 Å². The number of carbonyl (C=O) groups is 1. The highest BCUT2D eigenvalue weighted by atomic mass is 16.7. The number of rotatable bonds is 21. The maximum absolute atomic E-state index is 11.5. The SMILES string of the molecule is CCCCCCCCCCCCCCCCCC(=O)OB(O)OCC(O)CO. The van der Waals surface area contributed by atoms with Gasteiger partial charge in [-0.15, -0.1) is 0 Å². The first-order chi connectivity index (χ1) is 13.6. The van der Waals surface area contributed by atoms with E-state index >= 15 is 0 Å². The topological polar surface area (TPSA) is 96.2 Å². The molecule has 0 aromatic heterocycles. The standard InChI is InChI=1S/C21H43BO6/c1-2-3-4-5-6-7-8-9-10-11-12-13-14-15-16-17-21(25)28-22(26)27-19-20(24)18-23/h20,23-24,26H,2-19H2,1H3. The highest BCUT2D eigenvalue weighted by Gasteiger charge is 2.22. The van der Waals surface area contributed by atoms with Crippen LogP contribution in [0.15, 0.2) is 0 Å². The summed E-state index contributed by atoms with van der Waals surface area (Å²) in [7, 11) is -1.69. The second kappa shape index (κ2) is 21.1. The maximum atomic E-state index is 11.5. The van der Waals surface area contributed by atoms with Gasteiger partial charge in [-0.05, 0) is 6.42 Å². The van der Waals surface area contributed by atoms with Crippen LogP contribution >= 0.6 is 0 Å². The summed E-state index contributed by atoms with van der Waals surface area (Å²) in [4.78, 5) is 11.5. The molecule has 166 valence electrons. The second-order valence-electron chi connectivity index (χ2n) is 7.67. The van der Waals surface area contributed by atoms with Crippen molar-refractivity contribution in [3.05, 3.63) is 0 Å². The predicted octanol–water partition coefficient (Wildman–Crippen LogP) is 4.14. The zero-order valence-corrected chi connectivity index (χ0v) is 17.9. The maximum Gasteiger partial charge on any atom is 0.712 e. The van der Waals surface area contributed by atoms with Gasteiger partial charge in [0.15, 0.2) is 0 Å². The van der Waals surface area contributed by atoms with E-state index in [0.717, 1.165) is 19.3 Å². The average molecular weight is 402 g/mol. The number of aliphatic hydroxyl groups is 2. The molecule has 1 atom stereocenters.